The molecule has 0 aliphatic rings. The van der Waals surface area contributed by atoms with E-state index in [0.717, 1.165) is 39.2 Å². The number of rotatable bonds is 7. The molecule has 1 heterocycles. The van der Waals surface area contributed by atoms with E-state index < -0.39 is 0 Å². The van der Waals surface area contributed by atoms with Crippen LogP contribution in [0, 0.1) is 34.6 Å². The average molecular weight is 448 g/mol. The van der Waals surface area contributed by atoms with Crippen LogP contribution in [0.15, 0.2) is 42.5 Å². The number of aromatic nitrogens is 1. The van der Waals surface area contributed by atoms with Crippen molar-refractivity contribution in [2.75, 3.05) is 11.9 Å². The Hall–Kier alpha value is -3.54. The molecule has 6 heteroatoms. The maximum absolute atomic E-state index is 13.4. The number of nitrogens with one attached hydrogen (secondary N) is 2. The molecule has 0 aliphatic heterocycles. The van der Waals surface area contributed by atoms with Crippen LogP contribution in [-0.4, -0.2) is 28.5 Å². The predicted octanol–water partition coefficient (Wildman–Crippen LogP) is 5.97. The molecule has 3 aromatic rings. The molecule has 0 aliphatic carbocycles. The van der Waals surface area contributed by atoms with E-state index in [1.807, 2.05) is 71.0 Å². The van der Waals surface area contributed by atoms with Crippen LogP contribution in [0.4, 0.5) is 10.5 Å². The maximum atomic E-state index is 13.4. The van der Waals surface area contributed by atoms with Gasteiger partial charge >= 0.3 is 12.0 Å². The minimum absolute atomic E-state index is 0.196. The Labute approximate surface area is 196 Å². The number of aryl methyl sites for hydroxylation is 4. The van der Waals surface area contributed by atoms with E-state index in [0.29, 0.717) is 25.4 Å². The molecular weight excluding hydrogens is 414 g/mol. The molecule has 6 nitrogen and oxygen atoms in total. The summed E-state index contributed by atoms with van der Waals surface area (Å²) in [5.74, 6) is -0.380. The van der Waals surface area contributed by atoms with Gasteiger partial charge in [-0.2, -0.15) is 0 Å². The van der Waals surface area contributed by atoms with Crippen molar-refractivity contribution >= 4 is 17.7 Å². The summed E-state index contributed by atoms with van der Waals surface area (Å²) in [7, 11) is 0. The molecule has 0 saturated carbocycles. The number of hydrogen-bond acceptors (Lipinski definition) is 3. The Morgan fingerprint density at radius 1 is 0.909 bits per heavy atom. The number of urea groups is 1. The fourth-order valence-electron chi connectivity index (χ4n) is 3.99. The van der Waals surface area contributed by atoms with Crippen LogP contribution in [0.1, 0.15) is 56.5 Å². The molecule has 0 radical (unpaired) electrons. The molecule has 0 unspecified atom stereocenters. The van der Waals surface area contributed by atoms with Gasteiger partial charge in [0, 0.05) is 24.5 Å². The maximum Gasteiger partial charge on any atom is 0.355 e. The second-order valence-electron chi connectivity index (χ2n) is 8.60. The number of esters is 1. The summed E-state index contributed by atoms with van der Waals surface area (Å²) in [6.07, 6.45) is 0. The van der Waals surface area contributed by atoms with Gasteiger partial charge in [0.05, 0.1) is 6.61 Å². The normalized spacial score (nSPS) is 10.7. The second-order valence-corrected chi connectivity index (χ2v) is 8.60. The van der Waals surface area contributed by atoms with Crippen LogP contribution in [0.5, 0.6) is 0 Å². The molecule has 33 heavy (non-hydrogen) atoms. The number of hydrogen-bond donors (Lipinski definition) is 2. The highest BCUT2D eigenvalue weighted by atomic mass is 16.5. The van der Waals surface area contributed by atoms with Gasteiger partial charge in [-0.05, 0) is 81.5 Å². The Kier molecular flexibility index (Phi) is 7.59. The Morgan fingerprint density at radius 2 is 1.55 bits per heavy atom. The highest BCUT2D eigenvalue weighted by molar-refractivity contribution is 5.91. The third-order valence-corrected chi connectivity index (χ3v) is 5.68. The first kappa shape index (κ1) is 24.1. The van der Waals surface area contributed by atoms with Crippen LogP contribution in [0.25, 0.3) is 0 Å². The highest BCUT2D eigenvalue weighted by Gasteiger charge is 2.22. The van der Waals surface area contributed by atoms with Crippen molar-refractivity contribution in [3.05, 3.63) is 87.2 Å². The summed E-state index contributed by atoms with van der Waals surface area (Å²) >= 11 is 0. The van der Waals surface area contributed by atoms with Crippen molar-refractivity contribution in [3.8, 4) is 0 Å². The van der Waals surface area contributed by atoms with Gasteiger partial charge in [0.2, 0.25) is 0 Å². The van der Waals surface area contributed by atoms with Gasteiger partial charge in [-0.1, -0.05) is 35.9 Å². The lowest BCUT2D eigenvalue weighted by molar-refractivity contribution is 0.0519. The molecule has 0 bridgehead atoms. The van der Waals surface area contributed by atoms with Crippen molar-refractivity contribution in [1.82, 2.24) is 9.88 Å². The third-order valence-electron chi connectivity index (χ3n) is 5.68. The minimum atomic E-state index is -0.380. The van der Waals surface area contributed by atoms with Crippen molar-refractivity contribution in [2.45, 2.75) is 54.6 Å². The zero-order valence-electron chi connectivity index (χ0n) is 20.3. The zero-order chi connectivity index (χ0) is 24.1. The first-order chi connectivity index (χ1) is 15.7. The van der Waals surface area contributed by atoms with Gasteiger partial charge in [0.15, 0.2) is 0 Å². The number of anilines is 1. The van der Waals surface area contributed by atoms with Crippen LogP contribution < -0.4 is 5.32 Å². The fourth-order valence-corrected chi connectivity index (χ4v) is 3.99. The van der Waals surface area contributed by atoms with Crippen LogP contribution in [0.3, 0.4) is 0 Å². The van der Waals surface area contributed by atoms with Crippen LogP contribution >= 0.6 is 0 Å². The molecule has 2 amide bonds. The monoisotopic (exact) mass is 447 g/mol. The molecule has 2 aromatic carbocycles. The number of aromatic amines is 1. The van der Waals surface area contributed by atoms with E-state index in [1.165, 1.54) is 5.56 Å². The summed E-state index contributed by atoms with van der Waals surface area (Å²) in [4.78, 5) is 30.6. The minimum Gasteiger partial charge on any atom is -0.461 e. The summed E-state index contributed by atoms with van der Waals surface area (Å²) in [5, 5.41) is 3.05. The van der Waals surface area contributed by atoms with E-state index in [-0.39, 0.29) is 12.0 Å². The van der Waals surface area contributed by atoms with Gasteiger partial charge in [0.25, 0.3) is 0 Å². The van der Waals surface area contributed by atoms with Gasteiger partial charge in [0.1, 0.15) is 5.69 Å². The first-order valence-electron chi connectivity index (χ1n) is 11.2. The number of H-pyrrole nitrogens is 1. The Balaban J connectivity index is 1.91. The van der Waals surface area contributed by atoms with E-state index in [4.69, 9.17) is 4.74 Å². The quantitative estimate of drug-likeness (QED) is 0.438. The number of benzene rings is 2. The van der Waals surface area contributed by atoms with E-state index in [1.54, 1.807) is 11.8 Å². The smallest absolute Gasteiger partial charge is 0.355 e. The molecular formula is C27H33N3O3. The summed E-state index contributed by atoms with van der Waals surface area (Å²) < 4.78 is 5.17. The predicted molar refractivity (Wildman–Crippen MR) is 132 cm³/mol. The molecule has 0 atom stereocenters. The van der Waals surface area contributed by atoms with Gasteiger partial charge in [-0.3, -0.25) is 0 Å². The summed E-state index contributed by atoms with van der Waals surface area (Å²) in [6.45, 7) is 12.7. The summed E-state index contributed by atoms with van der Waals surface area (Å²) in [6, 6.07) is 13.9. The third kappa shape index (κ3) is 6.04. The number of carbonyl (C=O) groups is 2. The molecule has 0 fully saturated rings. The fraction of sp³-hybridized carbons (Fsp3) is 0.333. The lowest BCUT2D eigenvalue weighted by Crippen LogP contribution is -2.34. The number of amides is 2. The van der Waals surface area contributed by atoms with Crippen molar-refractivity contribution in [2.24, 2.45) is 0 Å². The van der Waals surface area contributed by atoms with E-state index in [2.05, 4.69) is 16.4 Å². The van der Waals surface area contributed by atoms with Crippen molar-refractivity contribution in [3.63, 3.8) is 0 Å². The molecule has 1 aromatic heterocycles. The first-order valence-corrected chi connectivity index (χ1v) is 11.2. The largest absolute Gasteiger partial charge is 0.461 e. The van der Waals surface area contributed by atoms with Gasteiger partial charge < -0.3 is 19.9 Å². The highest BCUT2D eigenvalue weighted by Crippen LogP contribution is 2.23. The standard InChI is InChI=1S/C27H33N3O3/c1-7-33-26(31)25-20(5)24(21(6)28-25)16-30(15-22-10-8-17(2)9-11-22)27(32)29-23-13-18(3)12-19(4)14-23/h8-14,28H,7,15-16H2,1-6H3,(H,29,32). The molecule has 0 saturated heterocycles. The molecule has 3 rings (SSSR count). The van der Waals surface area contributed by atoms with Crippen LogP contribution in [0.2, 0.25) is 0 Å². The SMILES string of the molecule is CCOC(=O)c1[nH]c(C)c(CN(Cc2ccc(C)cc2)C(=O)Nc2cc(C)cc(C)c2)c1C. The number of carbonyl (C=O) groups excluding carboxylic acids is 2. The lowest BCUT2D eigenvalue weighted by Gasteiger charge is -2.24. The molecule has 0 spiro atoms. The second kappa shape index (κ2) is 10.4. The van der Waals surface area contributed by atoms with Gasteiger partial charge in [-0.15, -0.1) is 0 Å². The Bertz CT molecular complexity index is 1130. The Morgan fingerprint density at radius 3 is 2.15 bits per heavy atom. The lowest BCUT2D eigenvalue weighted by atomic mass is 10.1. The summed E-state index contributed by atoms with van der Waals surface area (Å²) in [5.41, 5.74) is 8.16. The topological polar surface area (TPSA) is 74.4 Å². The van der Waals surface area contributed by atoms with E-state index >= 15 is 0 Å². The van der Waals surface area contributed by atoms with Crippen LogP contribution in [-0.2, 0) is 17.8 Å². The average Bonchev–Trinajstić information content (AvgIpc) is 3.02. The zero-order valence-corrected chi connectivity index (χ0v) is 20.3. The number of ether oxygens (including phenoxy) is 1. The molecule has 2 N–H and O–H groups in total. The molecule has 174 valence electrons. The van der Waals surface area contributed by atoms with Crippen molar-refractivity contribution < 1.29 is 14.3 Å². The van der Waals surface area contributed by atoms with E-state index in [9.17, 15) is 9.59 Å². The van der Waals surface area contributed by atoms with Crippen molar-refractivity contribution in [1.29, 1.82) is 0 Å². The number of nitrogens with zero attached hydrogens (tertiary/aromatic N) is 1. The van der Waals surface area contributed by atoms with Gasteiger partial charge in [-0.25, -0.2) is 9.59 Å².